The molecule has 23 heavy (non-hydrogen) atoms. The number of hydrogen-bond donors (Lipinski definition) is 1. The summed E-state index contributed by atoms with van der Waals surface area (Å²) in [6.45, 7) is 3.47. The maximum absolute atomic E-state index is 12.8. The van der Waals surface area contributed by atoms with E-state index < -0.39 is 12.0 Å². The summed E-state index contributed by atoms with van der Waals surface area (Å²) in [4.78, 5) is 34.7. The maximum Gasteiger partial charge on any atom is 0.326 e. The van der Waals surface area contributed by atoms with E-state index in [4.69, 9.17) is 0 Å². The highest BCUT2D eigenvalue weighted by molar-refractivity contribution is 7.18. The van der Waals surface area contributed by atoms with Gasteiger partial charge in [-0.15, -0.1) is 11.3 Å². The molecular formula is C16H15N3O3S. The minimum absolute atomic E-state index is 0.280. The minimum atomic E-state index is -1.09. The Labute approximate surface area is 136 Å². The molecule has 0 fully saturated rings. The molecule has 0 saturated heterocycles. The van der Waals surface area contributed by atoms with Crippen LogP contribution in [0.4, 0.5) is 0 Å². The van der Waals surface area contributed by atoms with Gasteiger partial charge in [0.15, 0.2) is 5.82 Å². The summed E-state index contributed by atoms with van der Waals surface area (Å²) in [6, 6.07) is 6.02. The van der Waals surface area contributed by atoms with Crippen molar-refractivity contribution in [3.8, 4) is 11.5 Å². The number of carboxylic acids is 1. The van der Waals surface area contributed by atoms with Crippen molar-refractivity contribution in [3.63, 3.8) is 0 Å². The van der Waals surface area contributed by atoms with E-state index in [0.717, 1.165) is 11.3 Å². The third-order valence-corrected chi connectivity index (χ3v) is 4.81. The zero-order chi connectivity index (χ0) is 16.6. The van der Waals surface area contributed by atoms with E-state index in [2.05, 4.69) is 9.97 Å². The van der Waals surface area contributed by atoms with Gasteiger partial charge in [-0.2, -0.15) is 0 Å². The molecule has 0 bridgehead atoms. The van der Waals surface area contributed by atoms with E-state index in [1.807, 2.05) is 6.92 Å². The van der Waals surface area contributed by atoms with Crippen LogP contribution < -0.4 is 5.56 Å². The monoisotopic (exact) mass is 329 g/mol. The standard InChI is InChI=1S/C16H15N3O3S/c1-3-10-8-11-14(23-10)18-13(12-6-4-5-7-17-12)19(15(11)20)9(2)16(21)22/h4-9H,3H2,1-2H3,(H,21,22). The number of carboxylic acid groups (broad SMARTS) is 1. The van der Waals surface area contributed by atoms with Crippen molar-refractivity contribution in [2.24, 2.45) is 0 Å². The van der Waals surface area contributed by atoms with Gasteiger partial charge in [0, 0.05) is 11.1 Å². The number of fused-ring (bicyclic) bond motifs is 1. The summed E-state index contributed by atoms with van der Waals surface area (Å²) in [5.74, 6) is -0.807. The van der Waals surface area contributed by atoms with E-state index >= 15 is 0 Å². The summed E-state index contributed by atoms with van der Waals surface area (Å²) >= 11 is 1.45. The van der Waals surface area contributed by atoms with Gasteiger partial charge in [0.1, 0.15) is 16.6 Å². The average Bonchev–Trinajstić information content (AvgIpc) is 2.98. The lowest BCUT2D eigenvalue weighted by atomic mass is 10.2. The fourth-order valence-corrected chi connectivity index (χ4v) is 3.32. The molecule has 1 atom stereocenters. The highest BCUT2D eigenvalue weighted by atomic mass is 32.1. The lowest BCUT2D eigenvalue weighted by Gasteiger charge is -2.15. The van der Waals surface area contributed by atoms with Gasteiger partial charge >= 0.3 is 5.97 Å². The molecule has 118 valence electrons. The van der Waals surface area contributed by atoms with Crippen molar-refractivity contribution < 1.29 is 9.90 Å². The van der Waals surface area contributed by atoms with Gasteiger partial charge in [0.2, 0.25) is 0 Å². The second kappa shape index (κ2) is 5.92. The van der Waals surface area contributed by atoms with Crippen LogP contribution in [0.25, 0.3) is 21.7 Å². The molecule has 7 heteroatoms. The highest BCUT2D eigenvalue weighted by Crippen LogP contribution is 2.26. The van der Waals surface area contributed by atoms with Crippen LogP contribution in [0.15, 0.2) is 35.3 Å². The highest BCUT2D eigenvalue weighted by Gasteiger charge is 2.23. The molecule has 0 radical (unpaired) electrons. The van der Waals surface area contributed by atoms with Crippen LogP contribution in [-0.2, 0) is 11.2 Å². The number of aromatic nitrogens is 3. The predicted octanol–water partition coefficient (Wildman–Crippen LogP) is 2.73. The first-order valence-electron chi connectivity index (χ1n) is 7.22. The molecule has 3 aromatic rings. The molecule has 1 unspecified atom stereocenters. The van der Waals surface area contributed by atoms with Crippen LogP contribution in [0.1, 0.15) is 24.8 Å². The van der Waals surface area contributed by atoms with Crippen LogP contribution >= 0.6 is 11.3 Å². The molecule has 0 saturated carbocycles. The zero-order valence-electron chi connectivity index (χ0n) is 12.7. The summed E-state index contributed by atoms with van der Waals surface area (Å²) in [6.07, 6.45) is 2.39. The van der Waals surface area contributed by atoms with E-state index in [-0.39, 0.29) is 11.4 Å². The quantitative estimate of drug-likeness (QED) is 0.795. The van der Waals surface area contributed by atoms with Crippen LogP contribution in [-0.4, -0.2) is 25.6 Å². The van der Waals surface area contributed by atoms with Crippen molar-refractivity contribution in [1.29, 1.82) is 0 Å². The van der Waals surface area contributed by atoms with Gasteiger partial charge in [-0.05, 0) is 31.5 Å². The molecule has 0 aliphatic rings. The third-order valence-electron chi connectivity index (χ3n) is 3.64. The lowest BCUT2D eigenvalue weighted by molar-refractivity contribution is -0.140. The van der Waals surface area contributed by atoms with Crippen molar-refractivity contribution in [2.45, 2.75) is 26.3 Å². The molecule has 6 nitrogen and oxygen atoms in total. The number of carbonyl (C=O) groups is 1. The van der Waals surface area contributed by atoms with Crippen molar-refractivity contribution in [2.75, 3.05) is 0 Å². The molecular weight excluding hydrogens is 314 g/mol. The maximum atomic E-state index is 12.8. The van der Waals surface area contributed by atoms with Crippen molar-refractivity contribution in [1.82, 2.24) is 14.5 Å². The van der Waals surface area contributed by atoms with Crippen LogP contribution in [0.3, 0.4) is 0 Å². The summed E-state index contributed by atoms with van der Waals surface area (Å²) in [5, 5.41) is 9.81. The molecule has 3 heterocycles. The zero-order valence-corrected chi connectivity index (χ0v) is 13.5. The Morgan fingerprint density at radius 2 is 2.22 bits per heavy atom. The first-order valence-corrected chi connectivity index (χ1v) is 8.03. The number of aliphatic carboxylic acids is 1. The Balaban J connectivity index is 2.38. The number of rotatable bonds is 4. The average molecular weight is 329 g/mol. The SMILES string of the molecule is CCc1cc2c(=O)n(C(C)C(=O)O)c(-c3ccccn3)nc2s1. The van der Waals surface area contributed by atoms with Gasteiger partial charge in [0.05, 0.1) is 5.39 Å². The number of pyridine rings is 1. The fourth-order valence-electron chi connectivity index (χ4n) is 2.36. The first-order chi connectivity index (χ1) is 11.0. The van der Waals surface area contributed by atoms with Gasteiger partial charge in [0.25, 0.3) is 5.56 Å². The Morgan fingerprint density at radius 3 is 2.83 bits per heavy atom. The lowest BCUT2D eigenvalue weighted by Crippen LogP contribution is -2.30. The summed E-state index contributed by atoms with van der Waals surface area (Å²) < 4.78 is 1.21. The number of hydrogen-bond acceptors (Lipinski definition) is 5. The summed E-state index contributed by atoms with van der Waals surface area (Å²) in [5.41, 5.74) is 0.132. The second-order valence-corrected chi connectivity index (χ2v) is 6.24. The summed E-state index contributed by atoms with van der Waals surface area (Å²) in [7, 11) is 0. The molecule has 0 aliphatic carbocycles. The van der Waals surface area contributed by atoms with E-state index in [9.17, 15) is 14.7 Å². The van der Waals surface area contributed by atoms with Crippen LogP contribution in [0.5, 0.6) is 0 Å². The van der Waals surface area contributed by atoms with Gasteiger partial charge in [-0.1, -0.05) is 13.0 Å². The Kier molecular flexibility index (Phi) is 3.96. The molecule has 3 rings (SSSR count). The van der Waals surface area contributed by atoms with Crippen LogP contribution in [0, 0.1) is 0 Å². The normalized spacial score (nSPS) is 12.4. The molecule has 1 N–H and O–H groups in total. The number of thiophene rings is 1. The van der Waals surface area contributed by atoms with E-state index in [1.165, 1.54) is 22.8 Å². The second-order valence-electron chi connectivity index (χ2n) is 5.12. The molecule has 0 aromatic carbocycles. The smallest absolute Gasteiger partial charge is 0.326 e. The Morgan fingerprint density at radius 1 is 1.43 bits per heavy atom. The molecule has 0 amide bonds. The number of nitrogens with zero attached hydrogens (tertiary/aromatic N) is 3. The Hall–Kier alpha value is -2.54. The third kappa shape index (κ3) is 2.63. The minimum Gasteiger partial charge on any atom is -0.480 e. The van der Waals surface area contributed by atoms with Gasteiger partial charge in [-0.3, -0.25) is 14.3 Å². The van der Waals surface area contributed by atoms with Crippen molar-refractivity contribution >= 4 is 27.5 Å². The van der Waals surface area contributed by atoms with Gasteiger partial charge < -0.3 is 5.11 Å². The first kappa shape index (κ1) is 15.4. The number of aryl methyl sites for hydroxylation is 1. The predicted molar refractivity (Wildman–Crippen MR) is 88.8 cm³/mol. The molecule has 0 aliphatic heterocycles. The van der Waals surface area contributed by atoms with Crippen LogP contribution in [0.2, 0.25) is 0 Å². The molecule has 0 spiro atoms. The molecule has 3 aromatic heterocycles. The fraction of sp³-hybridized carbons (Fsp3) is 0.250. The largest absolute Gasteiger partial charge is 0.480 e. The van der Waals surface area contributed by atoms with Gasteiger partial charge in [-0.25, -0.2) is 9.78 Å². The van der Waals surface area contributed by atoms with Crippen molar-refractivity contribution in [3.05, 3.63) is 45.7 Å². The topological polar surface area (TPSA) is 85.1 Å². The van der Waals surface area contributed by atoms with E-state index in [0.29, 0.717) is 15.9 Å². The van der Waals surface area contributed by atoms with E-state index in [1.54, 1.807) is 30.5 Å². The Bertz CT molecular complexity index is 931.